The average Bonchev–Trinajstić information content (AvgIpc) is 3.44. The molecular weight excluding hydrogens is 510 g/mol. The van der Waals surface area contributed by atoms with Gasteiger partial charge in [-0.05, 0) is 70.6 Å². The summed E-state index contributed by atoms with van der Waals surface area (Å²) in [5.41, 5.74) is 4.36. The Bertz CT molecular complexity index is 1530. The van der Waals surface area contributed by atoms with Gasteiger partial charge in [0.25, 0.3) is 0 Å². The quantitative estimate of drug-likeness (QED) is 0.338. The maximum absolute atomic E-state index is 15.1. The first-order chi connectivity index (χ1) is 19.3. The summed E-state index contributed by atoms with van der Waals surface area (Å²) >= 11 is 0. The summed E-state index contributed by atoms with van der Waals surface area (Å²) in [5, 5.41) is 1.16. The van der Waals surface area contributed by atoms with Crippen molar-refractivity contribution in [2.24, 2.45) is 0 Å². The fourth-order valence-electron chi connectivity index (χ4n) is 6.08. The Morgan fingerprint density at radius 1 is 1.05 bits per heavy atom. The number of hydrogen-bond acceptors (Lipinski definition) is 6. The standard InChI is InChI=1S/C31H36F2N6O/c1-19(2)39-13-14-40-31-24(32)15-21(16-27(31)39)30-25(33)18-35-28(36-30)17-20-5-6-26(23-7-10-34-29(20)23)38-11-8-22(9-12-38)37(3)4/h5-7,10,15-16,18-19,22,34H,8-9,11-14,17H2,1-4H3. The van der Waals surface area contributed by atoms with Crippen LogP contribution in [0, 0.1) is 11.6 Å². The SMILES string of the molecule is CC(C)N1CCOc2c(F)cc(-c3nc(Cc4ccc(N5CCC(N(C)C)CC5)c5cc[nH]c45)ncc3F)cc21. The molecular formula is C31H36F2N6O. The molecule has 0 aliphatic carbocycles. The molecule has 0 bridgehead atoms. The van der Waals surface area contributed by atoms with Crippen molar-refractivity contribution in [2.45, 2.75) is 45.2 Å². The second-order valence-electron chi connectivity index (χ2n) is 11.3. The third-order valence-corrected chi connectivity index (χ3v) is 8.27. The lowest BCUT2D eigenvalue weighted by Gasteiger charge is -2.36. The van der Waals surface area contributed by atoms with Crippen LogP contribution in [0.25, 0.3) is 22.2 Å². The highest BCUT2D eigenvalue weighted by Gasteiger charge is 2.26. The Morgan fingerprint density at radius 2 is 1.85 bits per heavy atom. The van der Waals surface area contributed by atoms with Crippen molar-refractivity contribution in [3.63, 3.8) is 0 Å². The number of rotatable bonds is 6. The monoisotopic (exact) mass is 546 g/mol. The van der Waals surface area contributed by atoms with Gasteiger partial charge in [-0.25, -0.2) is 18.7 Å². The van der Waals surface area contributed by atoms with Crippen LogP contribution in [0.2, 0.25) is 0 Å². The van der Waals surface area contributed by atoms with E-state index in [4.69, 9.17) is 4.74 Å². The highest BCUT2D eigenvalue weighted by Crippen LogP contribution is 2.39. The van der Waals surface area contributed by atoms with Crippen LogP contribution in [-0.4, -0.2) is 72.3 Å². The lowest BCUT2D eigenvalue weighted by Crippen LogP contribution is -2.42. The van der Waals surface area contributed by atoms with Gasteiger partial charge in [0, 0.05) is 54.4 Å². The van der Waals surface area contributed by atoms with Gasteiger partial charge in [-0.15, -0.1) is 0 Å². The van der Waals surface area contributed by atoms with E-state index < -0.39 is 11.6 Å². The van der Waals surface area contributed by atoms with Gasteiger partial charge >= 0.3 is 0 Å². The summed E-state index contributed by atoms with van der Waals surface area (Å²) in [6.45, 7) is 7.17. The smallest absolute Gasteiger partial charge is 0.178 e. The molecule has 0 saturated carbocycles. The predicted octanol–water partition coefficient (Wildman–Crippen LogP) is 5.63. The van der Waals surface area contributed by atoms with E-state index in [1.807, 2.05) is 20.0 Å². The van der Waals surface area contributed by atoms with Crippen molar-refractivity contribution >= 4 is 22.3 Å². The van der Waals surface area contributed by atoms with Gasteiger partial charge in [-0.3, -0.25) is 0 Å². The lowest BCUT2D eigenvalue weighted by molar-refractivity contribution is 0.250. The number of anilines is 2. The normalized spacial score (nSPS) is 16.2. The number of aromatic amines is 1. The zero-order valence-electron chi connectivity index (χ0n) is 23.5. The van der Waals surface area contributed by atoms with Crippen molar-refractivity contribution in [3.8, 4) is 17.0 Å². The Kier molecular flexibility index (Phi) is 7.08. The van der Waals surface area contributed by atoms with E-state index in [-0.39, 0.29) is 17.5 Å². The molecule has 4 heterocycles. The number of benzene rings is 2. The minimum absolute atomic E-state index is 0.0871. The highest BCUT2D eigenvalue weighted by molar-refractivity contribution is 5.94. The van der Waals surface area contributed by atoms with E-state index in [0.29, 0.717) is 42.7 Å². The molecule has 0 unspecified atom stereocenters. The number of ether oxygens (including phenoxy) is 1. The molecule has 0 atom stereocenters. The first-order valence-corrected chi connectivity index (χ1v) is 14.0. The van der Waals surface area contributed by atoms with Crippen LogP contribution in [0.3, 0.4) is 0 Å². The second kappa shape index (κ2) is 10.7. The molecule has 40 heavy (non-hydrogen) atoms. The molecule has 6 rings (SSSR count). The topological polar surface area (TPSA) is 60.5 Å². The van der Waals surface area contributed by atoms with Gasteiger partial charge in [0.1, 0.15) is 18.1 Å². The van der Waals surface area contributed by atoms with E-state index in [0.717, 1.165) is 42.4 Å². The highest BCUT2D eigenvalue weighted by atomic mass is 19.1. The number of hydrogen-bond donors (Lipinski definition) is 1. The van der Waals surface area contributed by atoms with Crippen molar-refractivity contribution < 1.29 is 13.5 Å². The zero-order valence-corrected chi connectivity index (χ0v) is 23.5. The molecule has 0 amide bonds. The maximum atomic E-state index is 15.1. The van der Waals surface area contributed by atoms with E-state index in [9.17, 15) is 0 Å². The minimum Gasteiger partial charge on any atom is -0.486 e. The number of aromatic nitrogens is 3. The molecule has 1 saturated heterocycles. The number of halogens is 2. The van der Waals surface area contributed by atoms with Gasteiger partial charge < -0.3 is 24.4 Å². The molecule has 2 aliphatic rings. The Balaban J connectivity index is 1.30. The third-order valence-electron chi connectivity index (χ3n) is 8.27. The Labute approximate surface area is 233 Å². The molecule has 7 nitrogen and oxygen atoms in total. The summed E-state index contributed by atoms with van der Waals surface area (Å²) in [7, 11) is 4.30. The number of nitrogens with one attached hydrogen (secondary N) is 1. The molecule has 4 aromatic rings. The van der Waals surface area contributed by atoms with E-state index in [1.165, 1.54) is 18.0 Å². The predicted molar refractivity (Wildman–Crippen MR) is 155 cm³/mol. The van der Waals surface area contributed by atoms with Gasteiger partial charge in [-0.2, -0.15) is 0 Å². The van der Waals surface area contributed by atoms with Crippen LogP contribution in [0.15, 0.2) is 42.7 Å². The molecule has 1 fully saturated rings. The summed E-state index contributed by atoms with van der Waals surface area (Å²) in [6.07, 6.45) is 5.83. The van der Waals surface area contributed by atoms with Crippen LogP contribution >= 0.6 is 0 Å². The summed E-state index contributed by atoms with van der Waals surface area (Å²) in [6, 6.07) is 10.2. The minimum atomic E-state index is -0.586. The van der Waals surface area contributed by atoms with Crippen molar-refractivity contribution in [2.75, 3.05) is 50.1 Å². The van der Waals surface area contributed by atoms with E-state index >= 15 is 8.78 Å². The zero-order chi connectivity index (χ0) is 28.0. The third kappa shape index (κ3) is 4.87. The van der Waals surface area contributed by atoms with Crippen molar-refractivity contribution in [1.82, 2.24) is 19.9 Å². The van der Waals surface area contributed by atoms with Crippen LogP contribution in [0.5, 0.6) is 5.75 Å². The van der Waals surface area contributed by atoms with Crippen LogP contribution < -0.4 is 14.5 Å². The van der Waals surface area contributed by atoms with Crippen molar-refractivity contribution in [1.29, 1.82) is 0 Å². The van der Waals surface area contributed by atoms with Crippen LogP contribution in [0.1, 0.15) is 38.1 Å². The summed E-state index contributed by atoms with van der Waals surface area (Å²) < 4.78 is 35.8. The van der Waals surface area contributed by atoms with Gasteiger partial charge in [0.05, 0.1) is 23.9 Å². The number of piperidine rings is 1. The maximum Gasteiger partial charge on any atom is 0.178 e. The molecule has 2 aromatic heterocycles. The average molecular weight is 547 g/mol. The lowest BCUT2D eigenvalue weighted by atomic mass is 10.0. The van der Waals surface area contributed by atoms with Gasteiger partial charge in [0.2, 0.25) is 0 Å². The molecule has 0 radical (unpaired) electrons. The molecule has 2 aromatic carbocycles. The summed E-state index contributed by atoms with van der Waals surface area (Å²) in [5.74, 6) is -0.423. The fourth-order valence-corrected chi connectivity index (χ4v) is 6.08. The molecule has 210 valence electrons. The number of H-pyrrole nitrogens is 1. The van der Waals surface area contributed by atoms with Crippen LogP contribution in [0.4, 0.5) is 20.2 Å². The van der Waals surface area contributed by atoms with Gasteiger partial charge in [0.15, 0.2) is 17.4 Å². The molecule has 1 N–H and O–H groups in total. The van der Waals surface area contributed by atoms with E-state index in [1.54, 1.807) is 6.07 Å². The molecule has 0 spiro atoms. The number of fused-ring (bicyclic) bond motifs is 2. The molecule has 9 heteroatoms. The Hall–Kier alpha value is -3.72. The fraction of sp³-hybridized carbons (Fsp3) is 0.419. The van der Waals surface area contributed by atoms with Gasteiger partial charge in [-0.1, -0.05) is 6.07 Å². The first kappa shape index (κ1) is 26.5. The first-order valence-electron chi connectivity index (χ1n) is 14.0. The summed E-state index contributed by atoms with van der Waals surface area (Å²) in [4.78, 5) is 19.1. The van der Waals surface area contributed by atoms with Crippen LogP contribution in [-0.2, 0) is 6.42 Å². The van der Waals surface area contributed by atoms with E-state index in [2.05, 4.69) is 61.9 Å². The van der Waals surface area contributed by atoms with Crippen molar-refractivity contribution in [3.05, 3.63) is 65.7 Å². The second-order valence-corrected chi connectivity index (χ2v) is 11.3. The number of nitrogens with zero attached hydrogens (tertiary/aromatic N) is 5. The Morgan fingerprint density at radius 3 is 2.60 bits per heavy atom. The largest absolute Gasteiger partial charge is 0.486 e. The molecule has 2 aliphatic heterocycles.